The van der Waals surface area contributed by atoms with Crippen molar-refractivity contribution in [3.05, 3.63) is 23.8 Å². The van der Waals surface area contributed by atoms with Crippen LogP contribution in [-0.2, 0) is 23.8 Å². The third kappa shape index (κ3) is 3.74. The maximum atomic E-state index is 13.8. The maximum Gasteiger partial charge on any atom is 0.167 e. The van der Waals surface area contributed by atoms with E-state index in [0.29, 0.717) is 30.1 Å². The molecule has 0 spiro atoms. The average molecular weight is 333 g/mol. The number of aryl methyl sites for hydroxylation is 2. The fourth-order valence-corrected chi connectivity index (χ4v) is 2.99. The van der Waals surface area contributed by atoms with Crippen molar-refractivity contribution < 1.29 is 13.3 Å². The fraction of sp³-hybridized carbons (Fsp3) is 0.500. The first-order valence-electron chi connectivity index (χ1n) is 6.65. The minimum Gasteiger partial charge on any atom is -0.494 e. The van der Waals surface area contributed by atoms with Gasteiger partial charge < -0.3 is 9.30 Å². The molecule has 0 aliphatic carbocycles. The number of hydrogen-bond acceptors (Lipinski definition) is 3. The van der Waals surface area contributed by atoms with E-state index in [0.717, 1.165) is 17.8 Å². The van der Waals surface area contributed by atoms with Crippen molar-refractivity contribution in [2.24, 2.45) is 0 Å². The summed E-state index contributed by atoms with van der Waals surface area (Å²) >= 11 is 5.81. The number of benzene rings is 1. The lowest BCUT2D eigenvalue weighted by atomic mass is 10.2. The average Bonchev–Trinajstić information content (AvgIpc) is 2.75. The van der Waals surface area contributed by atoms with Crippen LogP contribution in [0.3, 0.4) is 0 Å². The van der Waals surface area contributed by atoms with Crippen LogP contribution >= 0.6 is 11.6 Å². The van der Waals surface area contributed by atoms with Gasteiger partial charge in [-0.05, 0) is 6.42 Å². The number of alkyl halides is 1. The van der Waals surface area contributed by atoms with Crippen molar-refractivity contribution in [3.63, 3.8) is 0 Å². The second-order valence-electron chi connectivity index (χ2n) is 4.72. The summed E-state index contributed by atoms with van der Waals surface area (Å²) in [7, 11) is 0.610. The van der Waals surface area contributed by atoms with Gasteiger partial charge in [-0.3, -0.25) is 4.21 Å². The van der Waals surface area contributed by atoms with Crippen molar-refractivity contribution in [1.82, 2.24) is 9.55 Å². The van der Waals surface area contributed by atoms with Gasteiger partial charge in [-0.2, -0.15) is 0 Å². The Balaban J connectivity index is 2.42. The Morgan fingerprint density at radius 3 is 2.86 bits per heavy atom. The van der Waals surface area contributed by atoms with Crippen LogP contribution in [0.2, 0.25) is 0 Å². The van der Waals surface area contributed by atoms with Crippen LogP contribution < -0.4 is 4.74 Å². The van der Waals surface area contributed by atoms with Crippen LogP contribution in [0.5, 0.6) is 5.75 Å². The quantitative estimate of drug-likeness (QED) is 0.732. The molecule has 1 aromatic heterocycles. The van der Waals surface area contributed by atoms with Crippen molar-refractivity contribution >= 4 is 33.4 Å². The molecule has 21 heavy (non-hydrogen) atoms. The van der Waals surface area contributed by atoms with Gasteiger partial charge >= 0.3 is 0 Å². The Labute approximate surface area is 130 Å². The molecule has 0 aliphatic rings. The largest absolute Gasteiger partial charge is 0.494 e. The van der Waals surface area contributed by atoms with Gasteiger partial charge in [0.25, 0.3) is 0 Å². The number of nitrogens with zero attached hydrogens (tertiary/aromatic N) is 2. The van der Waals surface area contributed by atoms with Crippen LogP contribution in [0.25, 0.3) is 11.0 Å². The highest BCUT2D eigenvalue weighted by Gasteiger charge is 2.14. The number of ether oxygens (including phenoxy) is 1. The van der Waals surface area contributed by atoms with Gasteiger partial charge in [0.15, 0.2) is 11.6 Å². The van der Waals surface area contributed by atoms with Crippen LogP contribution in [0.4, 0.5) is 4.39 Å². The summed E-state index contributed by atoms with van der Waals surface area (Å²) in [6, 6.07) is 3.03. The van der Waals surface area contributed by atoms with Crippen molar-refractivity contribution in [3.8, 4) is 5.75 Å². The molecule has 0 saturated heterocycles. The zero-order valence-electron chi connectivity index (χ0n) is 12.1. The van der Waals surface area contributed by atoms with Crippen LogP contribution in [0, 0.1) is 5.82 Å². The Kier molecular flexibility index (Phi) is 5.58. The number of rotatable bonds is 7. The third-order valence-electron chi connectivity index (χ3n) is 3.23. The predicted molar refractivity (Wildman–Crippen MR) is 84.2 cm³/mol. The van der Waals surface area contributed by atoms with E-state index in [1.807, 2.05) is 4.57 Å². The molecule has 1 atom stereocenters. The summed E-state index contributed by atoms with van der Waals surface area (Å²) in [4.78, 5) is 4.44. The maximum absolute atomic E-state index is 13.8. The summed E-state index contributed by atoms with van der Waals surface area (Å²) in [6.07, 6.45) is 3.06. The first-order valence-corrected chi connectivity index (χ1v) is 8.91. The van der Waals surface area contributed by atoms with Gasteiger partial charge in [0.2, 0.25) is 0 Å². The molecule has 7 heteroatoms. The molecule has 0 amide bonds. The van der Waals surface area contributed by atoms with E-state index < -0.39 is 16.6 Å². The molecule has 0 bridgehead atoms. The smallest absolute Gasteiger partial charge is 0.167 e. The molecule has 0 fully saturated rings. The third-order valence-corrected chi connectivity index (χ3v) is 4.29. The van der Waals surface area contributed by atoms with Gasteiger partial charge in [0.1, 0.15) is 5.82 Å². The summed E-state index contributed by atoms with van der Waals surface area (Å²) in [5, 5.41) is 0. The topological polar surface area (TPSA) is 44.1 Å². The molecule has 0 aliphatic heterocycles. The second kappa shape index (κ2) is 7.22. The molecule has 1 heterocycles. The molecule has 2 rings (SSSR count). The number of imidazole rings is 1. The molecule has 4 nitrogen and oxygen atoms in total. The van der Waals surface area contributed by atoms with Crippen LogP contribution in [-0.4, -0.2) is 38.8 Å². The Hall–Kier alpha value is -1.14. The fourth-order valence-electron chi connectivity index (χ4n) is 2.28. The standard InChI is InChI=1S/C14H18ClFN2O2S/c1-20-13-9-12-11(8-10(13)16)17-14(4-5-15)18(12)6-3-7-21(2)19/h8-9H,3-7H2,1-2H3. The van der Waals surface area contributed by atoms with Gasteiger partial charge in [0.05, 0.1) is 18.1 Å². The van der Waals surface area contributed by atoms with E-state index >= 15 is 0 Å². The lowest BCUT2D eigenvalue weighted by molar-refractivity contribution is 0.387. The minimum absolute atomic E-state index is 0.195. The number of halogens is 2. The molecule has 116 valence electrons. The van der Waals surface area contributed by atoms with Gasteiger partial charge in [-0.25, -0.2) is 9.37 Å². The normalized spacial score (nSPS) is 12.8. The monoisotopic (exact) mass is 332 g/mol. The highest BCUT2D eigenvalue weighted by molar-refractivity contribution is 7.84. The van der Waals surface area contributed by atoms with Crippen LogP contribution in [0.1, 0.15) is 12.2 Å². The summed E-state index contributed by atoms with van der Waals surface area (Å²) in [5.41, 5.74) is 1.40. The summed E-state index contributed by atoms with van der Waals surface area (Å²) in [6.45, 7) is 0.678. The highest BCUT2D eigenvalue weighted by Crippen LogP contribution is 2.26. The Morgan fingerprint density at radius 2 is 2.24 bits per heavy atom. The van der Waals surface area contributed by atoms with E-state index in [2.05, 4.69) is 4.98 Å². The molecule has 0 radical (unpaired) electrons. The first-order chi connectivity index (χ1) is 10.1. The molecule has 0 N–H and O–H groups in total. The number of methoxy groups -OCH3 is 1. The van der Waals surface area contributed by atoms with Crippen molar-refractivity contribution in [1.29, 1.82) is 0 Å². The molecule has 1 aromatic carbocycles. The molecular weight excluding hydrogens is 315 g/mol. The number of hydrogen-bond donors (Lipinski definition) is 0. The molecule has 1 unspecified atom stereocenters. The zero-order chi connectivity index (χ0) is 15.4. The molecule has 2 aromatic rings. The lowest BCUT2D eigenvalue weighted by Gasteiger charge is -2.09. The van der Waals surface area contributed by atoms with Gasteiger partial charge in [-0.15, -0.1) is 11.6 Å². The molecule has 0 saturated carbocycles. The Morgan fingerprint density at radius 1 is 1.48 bits per heavy atom. The second-order valence-corrected chi connectivity index (χ2v) is 6.66. The summed E-state index contributed by atoms with van der Waals surface area (Å²) in [5.74, 6) is 1.65. The van der Waals surface area contributed by atoms with Gasteiger partial charge in [-0.1, -0.05) is 0 Å². The van der Waals surface area contributed by atoms with Gasteiger partial charge in [0, 0.05) is 53.8 Å². The predicted octanol–water partition coefficient (Wildman–Crippen LogP) is 2.73. The van der Waals surface area contributed by atoms with E-state index in [1.165, 1.54) is 13.2 Å². The van der Waals surface area contributed by atoms with Crippen molar-refractivity contribution in [2.45, 2.75) is 19.4 Å². The molecular formula is C14H18ClFN2O2S. The van der Waals surface area contributed by atoms with Crippen molar-refractivity contribution in [2.75, 3.05) is 25.0 Å². The first kappa shape index (κ1) is 16.2. The van der Waals surface area contributed by atoms with E-state index in [1.54, 1.807) is 12.3 Å². The zero-order valence-corrected chi connectivity index (χ0v) is 13.6. The van der Waals surface area contributed by atoms with Crippen LogP contribution in [0.15, 0.2) is 12.1 Å². The van der Waals surface area contributed by atoms with E-state index in [4.69, 9.17) is 16.3 Å². The Bertz CT molecular complexity index is 660. The summed E-state index contributed by atoms with van der Waals surface area (Å²) < 4.78 is 32.0. The van der Waals surface area contributed by atoms with E-state index in [9.17, 15) is 8.60 Å². The SMILES string of the molecule is COc1cc2c(cc1F)nc(CCCl)n2CCCS(C)=O. The lowest BCUT2D eigenvalue weighted by Crippen LogP contribution is -2.07. The van der Waals surface area contributed by atoms with E-state index in [-0.39, 0.29) is 5.75 Å². The minimum atomic E-state index is -0.825. The highest BCUT2D eigenvalue weighted by atomic mass is 35.5. The number of aromatic nitrogens is 2. The number of fused-ring (bicyclic) bond motifs is 1.